The zero-order valence-electron chi connectivity index (χ0n) is 21.7. The Balaban J connectivity index is 1.37. The number of phenols is 2. The number of anilines is 1. The molecule has 0 saturated heterocycles. The molecule has 0 radical (unpaired) electrons. The van der Waals surface area contributed by atoms with Gasteiger partial charge in [-0.3, -0.25) is 0 Å². The Morgan fingerprint density at radius 2 is 1.16 bits per heavy atom. The number of fused-ring (bicyclic) bond motifs is 1. The van der Waals surface area contributed by atoms with Crippen LogP contribution in [0.2, 0.25) is 0 Å². The Morgan fingerprint density at radius 1 is 0.605 bits per heavy atom. The van der Waals surface area contributed by atoms with Crippen molar-refractivity contribution in [2.24, 2.45) is 20.5 Å². The molecule has 0 spiro atoms. The number of nitrogen functional groups attached to an aromatic ring is 1. The number of rotatable bonds is 7. The van der Waals surface area contributed by atoms with Gasteiger partial charge in [-0.25, -0.2) is 16.8 Å². The highest BCUT2D eigenvalue weighted by Gasteiger charge is 2.18. The Bertz CT molecular complexity index is 2150. The van der Waals surface area contributed by atoms with Gasteiger partial charge in [0.2, 0.25) is 0 Å². The van der Waals surface area contributed by atoms with Crippen molar-refractivity contribution in [3.8, 4) is 22.6 Å². The van der Waals surface area contributed by atoms with Crippen molar-refractivity contribution in [3.63, 3.8) is 0 Å². The van der Waals surface area contributed by atoms with Crippen molar-refractivity contribution in [3.05, 3.63) is 91.0 Å². The van der Waals surface area contributed by atoms with E-state index in [4.69, 9.17) is 5.73 Å². The largest absolute Gasteiger partial charge is 0.744 e. The lowest BCUT2D eigenvalue weighted by atomic mass is 10.1. The lowest BCUT2D eigenvalue weighted by molar-refractivity contribution is 0.456. The average molecular weight is 618 g/mol. The number of aromatic hydroxyl groups is 2. The normalized spacial score (nSPS) is 12.4. The summed E-state index contributed by atoms with van der Waals surface area (Å²) in [6.07, 6.45) is 0. The molecule has 5 rings (SSSR count). The maximum Gasteiger partial charge on any atom is 0.152 e. The first-order valence-corrected chi connectivity index (χ1v) is 15.0. The fraction of sp³-hybridized carbons (Fsp3) is 0. The highest BCUT2D eigenvalue weighted by atomic mass is 32.2. The molecule has 15 heteroatoms. The number of hydrogen-bond acceptors (Lipinski definition) is 13. The molecular formula is C28H19N5O8S2-2. The smallest absolute Gasteiger partial charge is 0.152 e. The molecule has 0 amide bonds. The zero-order chi connectivity index (χ0) is 30.9. The Labute approximate surface area is 244 Å². The second-order valence-electron chi connectivity index (χ2n) is 9.11. The van der Waals surface area contributed by atoms with Gasteiger partial charge in [-0.2, -0.15) is 10.2 Å². The molecule has 4 N–H and O–H groups in total. The number of phenolic OH excluding ortho intramolecular Hbond substituents is 2. The van der Waals surface area contributed by atoms with Gasteiger partial charge in [0.15, 0.2) is 5.75 Å². The van der Waals surface area contributed by atoms with Crippen LogP contribution in [0.15, 0.2) is 121 Å². The van der Waals surface area contributed by atoms with E-state index < -0.39 is 47.2 Å². The molecule has 0 saturated carbocycles. The summed E-state index contributed by atoms with van der Waals surface area (Å²) in [5.74, 6) is -0.927. The van der Waals surface area contributed by atoms with E-state index in [1.807, 2.05) is 0 Å². The van der Waals surface area contributed by atoms with Crippen LogP contribution in [0.1, 0.15) is 0 Å². The maximum atomic E-state index is 11.9. The first-order chi connectivity index (χ1) is 20.3. The minimum absolute atomic E-state index is 0.219. The molecule has 0 heterocycles. The Morgan fingerprint density at radius 3 is 1.72 bits per heavy atom. The fourth-order valence-electron chi connectivity index (χ4n) is 4.10. The molecule has 0 unspecified atom stereocenters. The quantitative estimate of drug-likeness (QED) is 0.108. The van der Waals surface area contributed by atoms with Gasteiger partial charge >= 0.3 is 0 Å². The third-order valence-electron chi connectivity index (χ3n) is 6.16. The van der Waals surface area contributed by atoms with Gasteiger partial charge < -0.3 is 25.1 Å². The summed E-state index contributed by atoms with van der Waals surface area (Å²) in [7, 11) is -9.89. The van der Waals surface area contributed by atoms with E-state index in [9.17, 15) is 36.2 Å². The summed E-state index contributed by atoms with van der Waals surface area (Å²) in [5.41, 5.74) is 7.52. The molecule has 0 aliphatic heterocycles. The summed E-state index contributed by atoms with van der Waals surface area (Å²) in [6, 6.07) is 21.9. The zero-order valence-corrected chi connectivity index (χ0v) is 23.3. The first-order valence-electron chi connectivity index (χ1n) is 12.1. The molecule has 5 aromatic carbocycles. The van der Waals surface area contributed by atoms with E-state index in [1.54, 1.807) is 48.5 Å². The average Bonchev–Trinajstić information content (AvgIpc) is 2.95. The molecule has 0 aliphatic rings. The number of nitrogens with two attached hydrogens (primary N) is 1. The Kier molecular flexibility index (Phi) is 7.64. The third kappa shape index (κ3) is 6.49. The minimum Gasteiger partial charge on any atom is -0.744 e. The molecule has 43 heavy (non-hydrogen) atoms. The summed E-state index contributed by atoms with van der Waals surface area (Å²) in [5, 5.41) is 36.3. The van der Waals surface area contributed by atoms with Crippen LogP contribution in [-0.4, -0.2) is 36.2 Å². The van der Waals surface area contributed by atoms with Crippen molar-refractivity contribution in [1.29, 1.82) is 0 Å². The molecule has 0 bridgehead atoms. The van der Waals surface area contributed by atoms with Crippen molar-refractivity contribution in [1.82, 2.24) is 0 Å². The maximum absolute atomic E-state index is 11.9. The van der Waals surface area contributed by atoms with E-state index in [0.29, 0.717) is 17.1 Å². The summed E-state index contributed by atoms with van der Waals surface area (Å²) in [6.45, 7) is 0. The molecule has 0 atom stereocenters. The molecule has 0 fully saturated rings. The summed E-state index contributed by atoms with van der Waals surface area (Å²) < 4.78 is 70.0. The van der Waals surface area contributed by atoms with E-state index in [1.165, 1.54) is 24.3 Å². The minimum atomic E-state index is -5.01. The van der Waals surface area contributed by atoms with Crippen molar-refractivity contribution < 1.29 is 36.2 Å². The third-order valence-corrected chi connectivity index (χ3v) is 7.88. The van der Waals surface area contributed by atoms with Crippen LogP contribution in [0.5, 0.6) is 11.5 Å². The van der Waals surface area contributed by atoms with Crippen LogP contribution in [0.25, 0.3) is 21.9 Å². The van der Waals surface area contributed by atoms with Gasteiger partial charge in [0.25, 0.3) is 0 Å². The highest BCUT2D eigenvalue weighted by molar-refractivity contribution is 7.86. The van der Waals surface area contributed by atoms with Crippen LogP contribution < -0.4 is 5.73 Å². The van der Waals surface area contributed by atoms with E-state index in [2.05, 4.69) is 20.5 Å². The molecule has 218 valence electrons. The van der Waals surface area contributed by atoms with Crippen LogP contribution in [-0.2, 0) is 20.2 Å². The van der Waals surface area contributed by atoms with Gasteiger partial charge in [-0.15, -0.1) is 10.2 Å². The van der Waals surface area contributed by atoms with Gasteiger partial charge in [0, 0.05) is 11.1 Å². The van der Waals surface area contributed by atoms with E-state index in [0.717, 1.165) is 29.3 Å². The van der Waals surface area contributed by atoms with Crippen molar-refractivity contribution in [2.75, 3.05) is 5.73 Å². The second-order valence-corrected chi connectivity index (χ2v) is 11.8. The molecule has 0 aromatic heterocycles. The number of nitrogens with zero attached hydrogens (tertiary/aromatic N) is 4. The standard InChI is InChI=1S/C28H21N5O8S2/c29-19-5-11-23-18(13-19)14-26(43(39,40)41)27(28(23)35)33-31-21-8-3-17(4-9-21)16-1-6-20(7-2-16)30-32-24-12-10-22(34)15-25(24)42(36,37)38/h1-15,34-35H,29H2,(H,36,37,38)(H,39,40,41)/p-2. The number of hydrogen-bond donors (Lipinski definition) is 3. The van der Waals surface area contributed by atoms with Gasteiger partial charge in [0.05, 0.1) is 21.2 Å². The SMILES string of the molecule is Nc1ccc2c(O)c(N=Nc3ccc(-c4ccc(N=Nc5ccc(O)cc5S(=O)(=O)[O-])cc4)cc3)c(S(=O)(=O)[O-])cc2c1. The lowest BCUT2D eigenvalue weighted by Gasteiger charge is -2.13. The summed E-state index contributed by atoms with van der Waals surface area (Å²) in [4.78, 5) is -1.44. The monoisotopic (exact) mass is 617 g/mol. The van der Waals surface area contributed by atoms with Crippen LogP contribution in [0.4, 0.5) is 28.4 Å². The number of benzene rings is 5. The van der Waals surface area contributed by atoms with Gasteiger partial charge in [-0.1, -0.05) is 24.3 Å². The van der Waals surface area contributed by atoms with E-state index in [-0.39, 0.29) is 16.5 Å². The van der Waals surface area contributed by atoms with Crippen molar-refractivity contribution in [2.45, 2.75) is 9.79 Å². The predicted octanol–water partition coefficient (Wildman–Crippen LogP) is 6.14. The fourth-order valence-corrected chi connectivity index (χ4v) is 5.38. The lowest BCUT2D eigenvalue weighted by Crippen LogP contribution is -1.99. The summed E-state index contributed by atoms with van der Waals surface area (Å²) >= 11 is 0. The Hall–Kier alpha value is -5.22. The molecular weight excluding hydrogens is 598 g/mol. The van der Waals surface area contributed by atoms with Crippen molar-refractivity contribution >= 4 is 59.4 Å². The predicted molar refractivity (Wildman–Crippen MR) is 154 cm³/mol. The second kappa shape index (κ2) is 11.2. The molecule has 13 nitrogen and oxygen atoms in total. The van der Waals surface area contributed by atoms with E-state index >= 15 is 0 Å². The topological polar surface area (TPSA) is 230 Å². The highest BCUT2D eigenvalue weighted by Crippen LogP contribution is 2.42. The van der Waals surface area contributed by atoms with Gasteiger partial charge in [-0.05, 0) is 83.2 Å². The van der Waals surface area contributed by atoms with Crippen LogP contribution in [0.3, 0.4) is 0 Å². The molecule has 5 aromatic rings. The molecule has 0 aliphatic carbocycles. The van der Waals surface area contributed by atoms with Gasteiger partial charge in [0.1, 0.15) is 37.4 Å². The first kappa shape index (κ1) is 29.3. The van der Waals surface area contributed by atoms with Crippen LogP contribution >= 0.6 is 0 Å². The van der Waals surface area contributed by atoms with Crippen LogP contribution in [0, 0.1) is 0 Å². The number of azo groups is 2.